The molecule has 0 aliphatic heterocycles. The Morgan fingerprint density at radius 2 is 2.16 bits per heavy atom. The van der Waals surface area contributed by atoms with Gasteiger partial charge in [0.1, 0.15) is 0 Å². The van der Waals surface area contributed by atoms with E-state index in [-0.39, 0.29) is 12.5 Å². The highest BCUT2D eigenvalue weighted by Crippen LogP contribution is 2.29. The second-order valence-electron chi connectivity index (χ2n) is 5.32. The van der Waals surface area contributed by atoms with E-state index in [0.717, 1.165) is 17.7 Å². The van der Waals surface area contributed by atoms with E-state index >= 15 is 0 Å². The zero-order valence-corrected chi connectivity index (χ0v) is 12.1. The van der Waals surface area contributed by atoms with Gasteiger partial charge in [0.15, 0.2) is 0 Å². The van der Waals surface area contributed by atoms with Crippen molar-refractivity contribution in [2.24, 2.45) is 11.8 Å². The molecule has 0 bridgehead atoms. The minimum absolute atomic E-state index is 0.0490. The number of anilines is 1. The van der Waals surface area contributed by atoms with Gasteiger partial charge in [0, 0.05) is 23.7 Å². The van der Waals surface area contributed by atoms with Gasteiger partial charge in [0.05, 0.1) is 4.88 Å². The molecule has 1 amide bonds. The van der Waals surface area contributed by atoms with Crippen molar-refractivity contribution in [1.29, 1.82) is 0 Å². The molecule has 0 aromatic carbocycles. The number of aliphatic hydroxyl groups excluding tert-OH is 1. The SMILES string of the molecule is Cc1sc(C(=O)NCC2CCCCC2CO)cc1N. The fourth-order valence-electron chi connectivity index (χ4n) is 2.71. The van der Waals surface area contributed by atoms with E-state index in [1.54, 1.807) is 6.07 Å². The highest BCUT2D eigenvalue weighted by Gasteiger charge is 2.25. The van der Waals surface area contributed by atoms with Crippen LogP contribution in [0.15, 0.2) is 6.07 Å². The van der Waals surface area contributed by atoms with Crippen molar-refractivity contribution in [1.82, 2.24) is 5.32 Å². The molecule has 1 saturated carbocycles. The van der Waals surface area contributed by atoms with E-state index in [2.05, 4.69) is 5.32 Å². The average Bonchev–Trinajstić information content (AvgIpc) is 2.76. The highest BCUT2D eigenvalue weighted by atomic mass is 32.1. The van der Waals surface area contributed by atoms with Crippen molar-refractivity contribution in [2.45, 2.75) is 32.6 Å². The van der Waals surface area contributed by atoms with E-state index < -0.39 is 0 Å². The maximum atomic E-state index is 12.0. The summed E-state index contributed by atoms with van der Waals surface area (Å²) >= 11 is 1.43. The Morgan fingerprint density at radius 1 is 1.47 bits per heavy atom. The number of aliphatic hydroxyl groups is 1. The van der Waals surface area contributed by atoms with Crippen molar-refractivity contribution in [3.8, 4) is 0 Å². The molecule has 1 aromatic heterocycles. The van der Waals surface area contributed by atoms with Crippen LogP contribution in [0, 0.1) is 18.8 Å². The second-order valence-corrected chi connectivity index (χ2v) is 6.58. The molecule has 106 valence electrons. The fourth-order valence-corrected chi connectivity index (χ4v) is 3.57. The van der Waals surface area contributed by atoms with Crippen LogP contribution in [0.3, 0.4) is 0 Å². The Kier molecular flexibility index (Phi) is 4.82. The first-order valence-electron chi connectivity index (χ1n) is 6.86. The van der Waals surface area contributed by atoms with E-state index in [1.165, 1.54) is 24.2 Å². The summed E-state index contributed by atoms with van der Waals surface area (Å²) in [5.74, 6) is 0.692. The normalized spacial score (nSPS) is 23.3. The summed E-state index contributed by atoms with van der Waals surface area (Å²) in [7, 11) is 0. The summed E-state index contributed by atoms with van der Waals surface area (Å²) in [5, 5.41) is 12.3. The molecule has 2 rings (SSSR count). The van der Waals surface area contributed by atoms with Crippen LogP contribution in [-0.4, -0.2) is 24.2 Å². The van der Waals surface area contributed by atoms with Crippen molar-refractivity contribution in [2.75, 3.05) is 18.9 Å². The zero-order valence-electron chi connectivity index (χ0n) is 11.3. The number of nitrogens with one attached hydrogen (secondary N) is 1. The van der Waals surface area contributed by atoms with Crippen LogP contribution >= 0.6 is 11.3 Å². The monoisotopic (exact) mass is 282 g/mol. The van der Waals surface area contributed by atoms with Crippen LogP contribution in [0.5, 0.6) is 0 Å². The third kappa shape index (κ3) is 3.48. The summed E-state index contributed by atoms with van der Waals surface area (Å²) in [6.07, 6.45) is 4.55. The molecule has 0 saturated heterocycles. The van der Waals surface area contributed by atoms with Crippen LogP contribution in [0.25, 0.3) is 0 Å². The molecule has 2 unspecified atom stereocenters. The number of carbonyl (C=O) groups excluding carboxylic acids is 1. The lowest BCUT2D eigenvalue weighted by Gasteiger charge is -2.30. The molecule has 1 fully saturated rings. The number of nitrogen functional groups attached to an aromatic ring is 1. The summed E-state index contributed by atoms with van der Waals surface area (Å²) in [4.78, 5) is 13.7. The average molecular weight is 282 g/mol. The standard InChI is InChI=1S/C14H22N2O2S/c1-9-12(15)6-13(19-9)14(18)16-7-10-4-2-3-5-11(10)8-17/h6,10-11,17H,2-5,7-8,15H2,1H3,(H,16,18). The molecular weight excluding hydrogens is 260 g/mol. The highest BCUT2D eigenvalue weighted by molar-refractivity contribution is 7.14. The summed E-state index contributed by atoms with van der Waals surface area (Å²) in [6, 6.07) is 1.74. The van der Waals surface area contributed by atoms with Crippen molar-refractivity contribution in [3.63, 3.8) is 0 Å². The summed E-state index contributed by atoms with van der Waals surface area (Å²) in [5.41, 5.74) is 6.44. The van der Waals surface area contributed by atoms with Gasteiger partial charge in [-0.1, -0.05) is 12.8 Å². The van der Waals surface area contributed by atoms with Gasteiger partial charge in [-0.05, 0) is 37.7 Å². The Morgan fingerprint density at radius 3 is 2.74 bits per heavy atom. The molecule has 2 atom stereocenters. The first kappa shape index (κ1) is 14.3. The van der Waals surface area contributed by atoms with Crippen LogP contribution in [0.2, 0.25) is 0 Å². The van der Waals surface area contributed by atoms with Gasteiger partial charge in [-0.3, -0.25) is 4.79 Å². The van der Waals surface area contributed by atoms with Gasteiger partial charge in [0.25, 0.3) is 5.91 Å². The largest absolute Gasteiger partial charge is 0.398 e. The van der Waals surface area contributed by atoms with Crippen molar-refractivity contribution in [3.05, 3.63) is 15.8 Å². The summed E-state index contributed by atoms with van der Waals surface area (Å²) < 4.78 is 0. The van der Waals surface area contributed by atoms with Crippen LogP contribution in [0.1, 0.15) is 40.2 Å². The van der Waals surface area contributed by atoms with E-state index in [1.807, 2.05) is 6.92 Å². The Bertz CT molecular complexity index is 425. The quantitative estimate of drug-likeness (QED) is 0.792. The Hall–Kier alpha value is -1.07. The molecule has 4 N–H and O–H groups in total. The first-order valence-corrected chi connectivity index (χ1v) is 7.68. The molecular formula is C14H22N2O2S. The van der Waals surface area contributed by atoms with Crippen LogP contribution < -0.4 is 11.1 Å². The molecule has 1 aliphatic carbocycles. The van der Waals surface area contributed by atoms with Crippen LogP contribution in [-0.2, 0) is 0 Å². The maximum Gasteiger partial charge on any atom is 0.261 e. The van der Waals surface area contributed by atoms with Gasteiger partial charge >= 0.3 is 0 Å². The second kappa shape index (κ2) is 6.39. The van der Waals surface area contributed by atoms with Gasteiger partial charge < -0.3 is 16.2 Å². The molecule has 0 radical (unpaired) electrons. The number of aryl methyl sites for hydroxylation is 1. The molecule has 1 heterocycles. The van der Waals surface area contributed by atoms with E-state index in [0.29, 0.717) is 28.9 Å². The minimum Gasteiger partial charge on any atom is -0.398 e. The Balaban J connectivity index is 1.89. The molecule has 4 nitrogen and oxygen atoms in total. The number of amides is 1. The van der Waals surface area contributed by atoms with Gasteiger partial charge in [-0.15, -0.1) is 11.3 Å². The topological polar surface area (TPSA) is 75.3 Å². The minimum atomic E-state index is -0.0490. The van der Waals surface area contributed by atoms with Gasteiger partial charge in [0.2, 0.25) is 0 Å². The molecule has 1 aliphatic rings. The Labute approximate surface area is 118 Å². The van der Waals surface area contributed by atoms with E-state index in [9.17, 15) is 9.90 Å². The predicted octanol–water partition coefficient (Wildman–Crippen LogP) is 2.17. The van der Waals surface area contributed by atoms with Crippen molar-refractivity contribution >= 4 is 22.9 Å². The maximum absolute atomic E-state index is 12.0. The molecule has 19 heavy (non-hydrogen) atoms. The van der Waals surface area contributed by atoms with Gasteiger partial charge in [-0.25, -0.2) is 0 Å². The lowest BCUT2D eigenvalue weighted by atomic mass is 9.79. The lowest BCUT2D eigenvalue weighted by molar-refractivity contribution is 0.0913. The first-order chi connectivity index (χ1) is 9.11. The number of rotatable bonds is 4. The zero-order chi connectivity index (χ0) is 13.8. The number of nitrogens with two attached hydrogens (primary N) is 1. The molecule has 0 spiro atoms. The molecule has 5 heteroatoms. The molecule has 1 aromatic rings. The third-order valence-corrected chi connectivity index (χ3v) is 5.07. The number of hydrogen-bond donors (Lipinski definition) is 3. The lowest BCUT2D eigenvalue weighted by Crippen LogP contribution is -2.35. The number of hydrogen-bond acceptors (Lipinski definition) is 4. The van der Waals surface area contributed by atoms with Crippen molar-refractivity contribution < 1.29 is 9.90 Å². The summed E-state index contributed by atoms with van der Waals surface area (Å²) in [6.45, 7) is 2.80. The van der Waals surface area contributed by atoms with Crippen LogP contribution in [0.4, 0.5) is 5.69 Å². The van der Waals surface area contributed by atoms with Gasteiger partial charge in [-0.2, -0.15) is 0 Å². The number of thiophene rings is 1. The smallest absolute Gasteiger partial charge is 0.261 e. The number of carbonyl (C=O) groups is 1. The van der Waals surface area contributed by atoms with E-state index in [4.69, 9.17) is 5.73 Å². The fraction of sp³-hybridized carbons (Fsp3) is 0.643. The third-order valence-electron chi connectivity index (χ3n) is 4.01. The predicted molar refractivity (Wildman–Crippen MR) is 78.3 cm³/mol.